The highest BCUT2D eigenvalue weighted by atomic mass is 32.1. The van der Waals surface area contributed by atoms with Crippen molar-refractivity contribution in [2.75, 3.05) is 48.8 Å². The number of carbonyl (C=O) groups is 1. The molecule has 2 aromatic carbocycles. The minimum atomic E-state index is 0.0875. The van der Waals surface area contributed by atoms with Gasteiger partial charge in [0.05, 0.1) is 32.0 Å². The zero-order valence-corrected chi connectivity index (χ0v) is 20.8. The number of carbonyl (C=O) groups excluding carboxylic acids is 1. The highest BCUT2D eigenvalue weighted by Crippen LogP contribution is 2.26. The number of pyridine rings is 1. The molecule has 0 atom stereocenters. The lowest BCUT2D eigenvalue weighted by Crippen LogP contribution is -2.44. The van der Waals surface area contributed by atoms with E-state index in [0.29, 0.717) is 32.0 Å². The fraction of sp³-hybridized carbons (Fsp3) is 0.214. The minimum absolute atomic E-state index is 0.0875. The molecule has 1 fully saturated rings. The second-order valence-electron chi connectivity index (χ2n) is 8.65. The Hall–Kier alpha value is -3.72. The van der Waals surface area contributed by atoms with Crippen molar-refractivity contribution < 1.29 is 9.53 Å². The SMILES string of the molecule is Nc1cccc(Nc2cccc(-c3ccc(N(Cc4cccs4)C(=O)CN4CCOCC4)cc3)n2)c1. The van der Waals surface area contributed by atoms with Crippen LogP contribution in [0, 0.1) is 0 Å². The quantitative estimate of drug-likeness (QED) is 0.332. The highest BCUT2D eigenvalue weighted by molar-refractivity contribution is 7.09. The number of aromatic nitrogens is 1. The van der Waals surface area contributed by atoms with Crippen molar-refractivity contribution in [1.29, 1.82) is 0 Å². The number of nitrogens with two attached hydrogens (primary N) is 1. The molecule has 1 amide bonds. The number of thiophene rings is 1. The summed E-state index contributed by atoms with van der Waals surface area (Å²) in [7, 11) is 0. The van der Waals surface area contributed by atoms with Gasteiger partial charge in [-0.2, -0.15) is 0 Å². The third-order valence-corrected chi connectivity index (χ3v) is 6.90. The zero-order chi connectivity index (χ0) is 24.7. The van der Waals surface area contributed by atoms with Gasteiger partial charge >= 0.3 is 0 Å². The summed E-state index contributed by atoms with van der Waals surface area (Å²) in [5, 5.41) is 5.35. The largest absolute Gasteiger partial charge is 0.399 e. The summed E-state index contributed by atoms with van der Waals surface area (Å²) in [6, 6.07) is 25.6. The van der Waals surface area contributed by atoms with Crippen LogP contribution in [0.15, 0.2) is 84.2 Å². The van der Waals surface area contributed by atoms with Gasteiger partial charge in [-0.15, -0.1) is 11.3 Å². The monoisotopic (exact) mass is 499 g/mol. The van der Waals surface area contributed by atoms with Gasteiger partial charge in [0.15, 0.2) is 0 Å². The zero-order valence-electron chi connectivity index (χ0n) is 20.0. The lowest BCUT2D eigenvalue weighted by atomic mass is 10.1. The Morgan fingerprint density at radius 2 is 1.83 bits per heavy atom. The molecule has 5 rings (SSSR count). The second kappa shape index (κ2) is 11.3. The number of nitrogen functional groups attached to an aromatic ring is 1. The molecule has 0 unspecified atom stereocenters. The van der Waals surface area contributed by atoms with E-state index in [9.17, 15) is 4.79 Å². The molecule has 7 nitrogen and oxygen atoms in total. The molecular formula is C28H29N5O2S. The van der Waals surface area contributed by atoms with Crippen LogP contribution in [0.5, 0.6) is 0 Å². The average molecular weight is 500 g/mol. The van der Waals surface area contributed by atoms with Gasteiger partial charge in [-0.05, 0) is 53.9 Å². The Morgan fingerprint density at radius 3 is 2.58 bits per heavy atom. The normalized spacial score (nSPS) is 13.9. The maximum absolute atomic E-state index is 13.4. The molecule has 4 aromatic rings. The first-order chi connectivity index (χ1) is 17.6. The van der Waals surface area contributed by atoms with Crippen LogP contribution in [0.2, 0.25) is 0 Å². The first kappa shape index (κ1) is 24.0. The number of rotatable bonds is 8. The van der Waals surface area contributed by atoms with Gasteiger partial charge < -0.3 is 20.7 Å². The van der Waals surface area contributed by atoms with E-state index < -0.39 is 0 Å². The highest BCUT2D eigenvalue weighted by Gasteiger charge is 2.21. The van der Waals surface area contributed by atoms with Gasteiger partial charge in [0, 0.05) is 40.6 Å². The third kappa shape index (κ3) is 6.09. The predicted octanol–water partition coefficient (Wildman–Crippen LogP) is 5.00. The molecule has 0 radical (unpaired) electrons. The Balaban J connectivity index is 1.34. The standard InChI is InChI=1S/C28H29N5O2S/c29-22-4-1-5-23(18-22)30-27-8-2-7-26(31-27)21-9-11-24(12-10-21)33(19-25-6-3-17-36-25)28(34)20-32-13-15-35-16-14-32/h1-12,17-18H,13-16,19-20,29H2,(H,30,31). The van der Waals surface area contributed by atoms with Crippen molar-refractivity contribution in [3.63, 3.8) is 0 Å². The molecule has 2 aromatic heterocycles. The van der Waals surface area contributed by atoms with Gasteiger partial charge in [0.2, 0.25) is 5.91 Å². The van der Waals surface area contributed by atoms with E-state index in [1.807, 2.05) is 83.1 Å². The number of benzene rings is 2. The van der Waals surface area contributed by atoms with Crippen LogP contribution in [0.4, 0.5) is 22.9 Å². The number of amides is 1. The van der Waals surface area contributed by atoms with Crippen LogP contribution in [0.25, 0.3) is 11.3 Å². The van der Waals surface area contributed by atoms with Crippen LogP contribution < -0.4 is 16.0 Å². The molecule has 3 N–H and O–H groups in total. The molecule has 0 aliphatic carbocycles. The van der Waals surface area contributed by atoms with E-state index in [1.165, 1.54) is 0 Å². The number of hydrogen-bond donors (Lipinski definition) is 2. The molecule has 8 heteroatoms. The van der Waals surface area contributed by atoms with Gasteiger partial charge in [-0.25, -0.2) is 4.98 Å². The van der Waals surface area contributed by atoms with Crippen LogP contribution in [0.3, 0.4) is 0 Å². The van der Waals surface area contributed by atoms with E-state index in [0.717, 1.165) is 46.4 Å². The van der Waals surface area contributed by atoms with E-state index in [1.54, 1.807) is 11.3 Å². The first-order valence-corrected chi connectivity index (χ1v) is 12.8. The fourth-order valence-corrected chi connectivity index (χ4v) is 4.85. The molecule has 0 bridgehead atoms. The van der Waals surface area contributed by atoms with Crippen molar-refractivity contribution in [3.05, 3.63) is 89.1 Å². The summed E-state index contributed by atoms with van der Waals surface area (Å²) >= 11 is 1.66. The molecule has 3 heterocycles. The predicted molar refractivity (Wildman–Crippen MR) is 147 cm³/mol. The van der Waals surface area contributed by atoms with Crippen LogP contribution in [-0.4, -0.2) is 48.6 Å². The number of ether oxygens (including phenoxy) is 1. The molecule has 36 heavy (non-hydrogen) atoms. The van der Waals surface area contributed by atoms with Crippen LogP contribution >= 0.6 is 11.3 Å². The summed E-state index contributed by atoms with van der Waals surface area (Å²) in [4.78, 5) is 23.3. The Labute approximate surface area is 215 Å². The number of hydrogen-bond acceptors (Lipinski definition) is 7. The topological polar surface area (TPSA) is 83.7 Å². The maximum atomic E-state index is 13.4. The molecule has 1 saturated heterocycles. The molecular weight excluding hydrogens is 470 g/mol. The number of anilines is 4. The number of morpholine rings is 1. The summed E-state index contributed by atoms with van der Waals surface area (Å²) in [6.45, 7) is 3.84. The van der Waals surface area contributed by atoms with Crippen molar-refractivity contribution in [2.45, 2.75) is 6.54 Å². The molecule has 0 saturated carbocycles. The van der Waals surface area contributed by atoms with E-state index in [-0.39, 0.29) is 5.91 Å². The second-order valence-corrected chi connectivity index (χ2v) is 9.69. The average Bonchev–Trinajstić information content (AvgIpc) is 3.42. The van der Waals surface area contributed by atoms with Gasteiger partial charge in [0.1, 0.15) is 5.82 Å². The fourth-order valence-electron chi connectivity index (χ4n) is 4.16. The Morgan fingerprint density at radius 1 is 1.03 bits per heavy atom. The number of nitrogens with zero attached hydrogens (tertiary/aromatic N) is 3. The minimum Gasteiger partial charge on any atom is -0.399 e. The molecule has 1 aliphatic heterocycles. The van der Waals surface area contributed by atoms with Crippen LogP contribution in [-0.2, 0) is 16.1 Å². The summed E-state index contributed by atoms with van der Waals surface area (Å²) in [5.74, 6) is 0.826. The van der Waals surface area contributed by atoms with Crippen LogP contribution in [0.1, 0.15) is 4.88 Å². The maximum Gasteiger partial charge on any atom is 0.241 e. The van der Waals surface area contributed by atoms with Crippen molar-refractivity contribution in [3.8, 4) is 11.3 Å². The first-order valence-electron chi connectivity index (χ1n) is 12.0. The van der Waals surface area contributed by atoms with Crippen molar-refractivity contribution >= 4 is 40.1 Å². The van der Waals surface area contributed by atoms with Gasteiger partial charge in [-0.3, -0.25) is 9.69 Å². The molecule has 0 spiro atoms. The Kier molecular flexibility index (Phi) is 7.56. The van der Waals surface area contributed by atoms with Gasteiger partial charge in [-0.1, -0.05) is 30.3 Å². The summed E-state index contributed by atoms with van der Waals surface area (Å²) < 4.78 is 5.43. The van der Waals surface area contributed by atoms with E-state index in [4.69, 9.17) is 15.5 Å². The summed E-state index contributed by atoms with van der Waals surface area (Å²) in [5.41, 5.74) is 10.2. The van der Waals surface area contributed by atoms with Crippen molar-refractivity contribution in [1.82, 2.24) is 9.88 Å². The number of nitrogens with one attached hydrogen (secondary N) is 1. The lowest BCUT2D eigenvalue weighted by Gasteiger charge is -2.29. The van der Waals surface area contributed by atoms with Crippen molar-refractivity contribution in [2.24, 2.45) is 0 Å². The van der Waals surface area contributed by atoms with Gasteiger partial charge in [0.25, 0.3) is 0 Å². The third-order valence-electron chi connectivity index (χ3n) is 6.04. The lowest BCUT2D eigenvalue weighted by molar-refractivity contribution is -0.120. The molecule has 184 valence electrons. The summed E-state index contributed by atoms with van der Waals surface area (Å²) in [6.07, 6.45) is 0. The van der Waals surface area contributed by atoms with E-state index >= 15 is 0 Å². The Bertz CT molecular complexity index is 1290. The molecule has 1 aliphatic rings. The smallest absolute Gasteiger partial charge is 0.241 e. The van der Waals surface area contributed by atoms with E-state index in [2.05, 4.69) is 16.3 Å².